The van der Waals surface area contributed by atoms with E-state index in [0.29, 0.717) is 12.0 Å². The molecule has 0 saturated carbocycles. The number of fused-ring (bicyclic) bond motifs is 3. The lowest BCUT2D eigenvalue weighted by molar-refractivity contribution is -0.154. The minimum Gasteiger partial charge on any atom is -0.467 e. The van der Waals surface area contributed by atoms with Gasteiger partial charge in [-0.2, -0.15) is 0 Å². The van der Waals surface area contributed by atoms with Gasteiger partial charge in [-0.25, -0.2) is 9.59 Å². The summed E-state index contributed by atoms with van der Waals surface area (Å²) in [6.07, 6.45) is 0.322. The molecule has 2 aromatic carbocycles. The Balaban J connectivity index is 1.98. The van der Waals surface area contributed by atoms with Crippen LogP contribution in [0.25, 0.3) is 10.9 Å². The number of ether oxygens (including phenoxy) is 2. The molecule has 1 aliphatic heterocycles. The van der Waals surface area contributed by atoms with E-state index in [2.05, 4.69) is 0 Å². The monoisotopic (exact) mass is 454 g/mol. The van der Waals surface area contributed by atoms with Crippen molar-refractivity contribution in [2.75, 3.05) is 20.1 Å². The number of carbonyl (C=O) groups excluding carboxylic acids is 3. The second kappa shape index (κ2) is 8.67. The Hall–Kier alpha value is -3.32. The number of hydrogen-bond acceptors (Lipinski definition) is 5. The predicted molar refractivity (Wildman–Crippen MR) is 120 cm³/mol. The van der Waals surface area contributed by atoms with Gasteiger partial charge in [-0.15, -0.1) is 11.6 Å². The van der Waals surface area contributed by atoms with Gasteiger partial charge in [0.15, 0.2) is 0 Å². The Bertz CT molecular complexity index is 1200. The van der Waals surface area contributed by atoms with Crippen LogP contribution in [0, 0.1) is 0 Å². The second-order valence-corrected chi connectivity index (χ2v) is 7.90. The van der Waals surface area contributed by atoms with Gasteiger partial charge in [0.25, 0.3) is 0 Å². The summed E-state index contributed by atoms with van der Waals surface area (Å²) in [4.78, 5) is 39.2. The number of alkyl halides is 1. The van der Waals surface area contributed by atoms with E-state index in [0.717, 1.165) is 27.7 Å². The number of rotatable bonds is 4. The highest BCUT2D eigenvalue weighted by Crippen LogP contribution is 2.42. The Morgan fingerprint density at radius 2 is 1.72 bits per heavy atom. The van der Waals surface area contributed by atoms with Crippen molar-refractivity contribution in [1.82, 2.24) is 9.47 Å². The number of aryl methyl sites for hydroxylation is 1. The maximum absolute atomic E-state index is 13.0. The standard InChI is InChI=1S/C24H23ClN2O5/c1-26-18-7-5-4-6-16(18)17-12-19(24(30)32-3)27(20(28)13-25)21(22(17)26)14-8-10-15(11-9-14)23(29)31-2/h4-11,19,21H,12-13H2,1-3H3/t19-,21-/m1/s1. The number of methoxy groups -OCH3 is 2. The highest BCUT2D eigenvalue weighted by Gasteiger charge is 2.44. The third-order valence-electron chi connectivity index (χ3n) is 6.05. The quantitative estimate of drug-likeness (QED) is 0.447. The molecular weight excluding hydrogens is 432 g/mol. The molecule has 4 rings (SSSR count). The first-order chi connectivity index (χ1) is 15.4. The van der Waals surface area contributed by atoms with Crippen molar-refractivity contribution in [3.63, 3.8) is 0 Å². The van der Waals surface area contributed by atoms with Gasteiger partial charge >= 0.3 is 11.9 Å². The lowest BCUT2D eigenvalue weighted by Crippen LogP contribution is -2.52. The summed E-state index contributed by atoms with van der Waals surface area (Å²) in [5.74, 6) is -1.60. The van der Waals surface area contributed by atoms with Gasteiger partial charge in [-0.05, 0) is 29.3 Å². The number of hydrogen-bond donors (Lipinski definition) is 0. The molecule has 8 heteroatoms. The minimum atomic E-state index is -0.824. The van der Waals surface area contributed by atoms with Gasteiger partial charge in [-0.3, -0.25) is 4.79 Å². The largest absolute Gasteiger partial charge is 0.467 e. The molecule has 2 atom stereocenters. The van der Waals surface area contributed by atoms with Crippen molar-refractivity contribution in [3.05, 3.63) is 70.9 Å². The minimum absolute atomic E-state index is 0.274. The van der Waals surface area contributed by atoms with E-state index in [1.807, 2.05) is 35.9 Å². The van der Waals surface area contributed by atoms with E-state index in [1.165, 1.54) is 19.1 Å². The molecule has 7 nitrogen and oxygen atoms in total. The van der Waals surface area contributed by atoms with Crippen LogP contribution >= 0.6 is 11.6 Å². The molecule has 3 aromatic rings. The van der Waals surface area contributed by atoms with Gasteiger partial charge in [-0.1, -0.05) is 30.3 Å². The summed E-state index contributed by atoms with van der Waals surface area (Å²) in [5.41, 5.74) is 4.02. The fraction of sp³-hybridized carbons (Fsp3) is 0.292. The predicted octanol–water partition coefficient (Wildman–Crippen LogP) is 3.22. The van der Waals surface area contributed by atoms with Crippen LogP contribution in [-0.4, -0.2) is 53.5 Å². The Labute approximate surface area is 190 Å². The zero-order chi connectivity index (χ0) is 23.0. The molecule has 0 bridgehead atoms. The topological polar surface area (TPSA) is 77.8 Å². The number of halogens is 1. The Morgan fingerprint density at radius 1 is 1.03 bits per heavy atom. The van der Waals surface area contributed by atoms with Crippen LogP contribution in [-0.2, 0) is 32.5 Å². The summed E-state index contributed by atoms with van der Waals surface area (Å²) in [7, 11) is 4.57. The molecule has 0 unspecified atom stereocenters. The average Bonchev–Trinajstić information content (AvgIpc) is 3.13. The van der Waals surface area contributed by atoms with E-state index in [9.17, 15) is 14.4 Å². The van der Waals surface area contributed by atoms with Crippen LogP contribution in [0.4, 0.5) is 0 Å². The molecule has 166 valence electrons. The first-order valence-electron chi connectivity index (χ1n) is 10.1. The average molecular weight is 455 g/mol. The molecule has 2 heterocycles. The molecule has 0 aliphatic carbocycles. The molecule has 32 heavy (non-hydrogen) atoms. The number of amides is 1. The molecule has 0 saturated heterocycles. The van der Waals surface area contributed by atoms with Crippen molar-refractivity contribution >= 4 is 40.3 Å². The van der Waals surface area contributed by atoms with Crippen molar-refractivity contribution in [3.8, 4) is 0 Å². The van der Waals surface area contributed by atoms with Gasteiger partial charge in [0, 0.05) is 30.1 Å². The van der Waals surface area contributed by atoms with E-state index < -0.39 is 24.0 Å². The van der Waals surface area contributed by atoms with Gasteiger partial charge in [0.05, 0.1) is 25.8 Å². The van der Waals surface area contributed by atoms with Crippen LogP contribution in [0.5, 0.6) is 0 Å². The smallest absolute Gasteiger partial charge is 0.337 e. The normalized spacial score (nSPS) is 17.7. The number of benzene rings is 2. The van der Waals surface area contributed by atoms with E-state index in [4.69, 9.17) is 21.1 Å². The second-order valence-electron chi connectivity index (χ2n) is 7.63. The SMILES string of the molecule is COC(=O)c1ccc([C@@H]2c3c(c4ccccc4n3C)C[C@H](C(=O)OC)N2C(=O)CCl)cc1. The fourth-order valence-corrected chi connectivity index (χ4v) is 4.75. The molecule has 0 fully saturated rings. The van der Waals surface area contributed by atoms with Crippen LogP contribution in [0.2, 0.25) is 0 Å². The Morgan fingerprint density at radius 3 is 2.34 bits per heavy atom. The van der Waals surface area contributed by atoms with Crippen molar-refractivity contribution in [2.24, 2.45) is 7.05 Å². The first kappa shape index (κ1) is 21.9. The third-order valence-corrected chi connectivity index (χ3v) is 6.28. The molecule has 0 N–H and O–H groups in total. The van der Waals surface area contributed by atoms with Gasteiger partial charge in [0.1, 0.15) is 11.9 Å². The zero-order valence-corrected chi connectivity index (χ0v) is 18.8. The van der Waals surface area contributed by atoms with Gasteiger partial charge < -0.3 is 18.9 Å². The van der Waals surface area contributed by atoms with Crippen molar-refractivity contribution in [1.29, 1.82) is 0 Å². The molecule has 1 aromatic heterocycles. The summed E-state index contributed by atoms with van der Waals surface area (Å²) in [6.45, 7) is 0. The summed E-state index contributed by atoms with van der Waals surface area (Å²) in [6, 6.07) is 13.3. The molecule has 0 spiro atoms. The number of carbonyl (C=O) groups is 3. The molecule has 1 amide bonds. The molecular formula is C24H23ClN2O5. The van der Waals surface area contributed by atoms with E-state index >= 15 is 0 Å². The zero-order valence-electron chi connectivity index (χ0n) is 18.0. The Kier molecular flexibility index (Phi) is 5.93. The van der Waals surface area contributed by atoms with Crippen molar-refractivity contribution in [2.45, 2.75) is 18.5 Å². The van der Waals surface area contributed by atoms with E-state index in [1.54, 1.807) is 24.3 Å². The van der Waals surface area contributed by atoms with Crippen LogP contribution in [0.1, 0.15) is 33.2 Å². The molecule has 1 aliphatic rings. The van der Waals surface area contributed by atoms with Crippen LogP contribution < -0.4 is 0 Å². The lowest BCUT2D eigenvalue weighted by Gasteiger charge is -2.41. The summed E-state index contributed by atoms with van der Waals surface area (Å²) >= 11 is 5.97. The summed E-state index contributed by atoms with van der Waals surface area (Å²) < 4.78 is 11.9. The fourth-order valence-electron chi connectivity index (χ4n) is 4.62. The van der Waals surface area contributed by atoms with Crippen LogP contribution in [0.15, 0.2) is 48.5 Å². The highest BCUT2D eigenvalue weighted by atomic mass is 35.5. The molecule has 0 radical (unpaired) electrons. The first-order valence-corrected chi connectivity index (χ1v) is 10.7. The maximum Gasteiger partial charge on any atom is 0.337 e. The summed E-state index contributed by atoms with van der Waals surface area (Å²) in [5, 5.41) is 1.02. The highest BCUT2D eigenvalue weighted by molar-refractivity contribution is 6.27. The van der Waals surface area contributed by atoms with Crippen LogP contribution in [0.3, 0.4) is 0 Å². The number of aromatic nitrogens is 1. The van der Waals surface area contributed by atoms with Crippen molar-refractivity contribution < 1.29 is 23.9 Å². The number of esters is 2. The number of para-hydroxylation sites is 1. The lowest BCUT2D eigenvalue weighted by atomic mass is 9.87. The van der Waals surface area contributed by atoms with Gasteiger partial charge in [0.2, 0.25) is 5.91 Å². The number of nitrogens with zero attached hydrogens (tertiary/aromatic N) is 2. The third kappa shape index (κ3) is 3.42. The van der Waals surface area contributed by atoms with E-state index in [-0.39, 0.29) is 11.8 Å². The maximum atomic E-state index is 13.0.